The highest BCUT2D eigenvalue weighted by Crippen LogP contribution is 2.21. The van der Waals surface area contributed by atoms with Gasteiger partial charge < -0.3 is 4.74 Å². The largest absolute Gasteiger partial charge is 0.459 e. The molecule has 1 heterocycles. The maximum absolute atomic E-state index is 13.1. The van der Waals surface area contributed by atoms with Crippen LogP contribution in [0.15, 0.2) is 83.7 Å². The summed E-state index contributed by atoms with van der Waals surface area (Å²) < 4.78 is 6.71. The predicted molar refractivity (Wildman–Crippen MR) is 113 cm³/mol. The summed E-state index contributed by atoms with van der Waals surface area (Å²) >= 11 is 5.99. The monoisotopic (exact) mass is 404 g/mol. The van der Waals surface area contributed by atoms with E-state index >= 15 is 0 Å². The van der Waals surface area contributed by atoms with E-state index in [1.807, 2.05) is 36.4 Å². The Balaban J connectivity index is 1.70. The van der Waals surface area contributed by atoms with Crippen molar-refractivity contribution < 1.29 is 9.53 Å². The summed E-state index contributed by atoms with van der Waals surface area (Å²) in [4.78, 5) is 30.2. The van der Waals surface area contributed by atoms with E-state index in [0.717, 1.165) is 5.56 Å². The molecule has 144 valence electrons. The lowest BCUT2D eigenvalue weighted by Crippen LogP contribution is -2.28. The molecule has 0 fully saturated rings. The number of rotatable bonds is 5. The first kappa shape index (κ1) is 18.9. The van der Waals surface area contributed by atoms with E-state index in [4.69, 9.17) is 16.3 Å². The second kappa shape index (κ2) is 8.29. The second-order valence-electron chi connectivity index (χ2n) is 6.50. The molecule has 0 atom stereocenters. The number of halogens is 1. The van der Waals surface area contributed by atoms with Crippen LogP contribution in [-0.4, -0.2) is 15.5 Å². The molecule has 0 spiro atoms. The first-order valence-electron chi connectivity index (χ1n) is 9.07. The maximum Gasteiger partial charge on any atom is 0.326 e. The summed E-state index contributed by atoms with van der Waals surface area (Å²) in [7, 11) is 0. The van der Waals surface area contributed by atoms with Crippen LogP contribution >= 0.6 is 11.6 Å². The number of esters is 1. The number of carbonyl (C=O) groups excluding carboxylic acids is 1. The Kier molecular flexibility index (Phi) is 5.40. The Morgan fingerprint density at radius 3 is 2.38 bits per heavy atom. The molecule has 6 heteroatoms. The van der Waals surface area contributed by atoms with Crippen molar-refractivity contribution >= 4 is 28.5 Å². The Hall–Kier alpha value is -3.44. The number of para-hydroxylation sites is 1. The molecule has 0 saturated heterocycles. The lowest BCUT2D eigenvalue weighted by atomic mass is 10.2. The fourth-order valence-electron chi connectivity index (χ4n) is 3.05. The van der Waals surface area contributed by atoms with Gasteiger partial charge in [0.15, 0.2) is 0 Å². The molecule has 0 aliphatic heterocycles. The minimum Gasteiger partial charge on any atom is -0.459 e. The first-order chi connectivity index (χ1) is 14.1. The minimum atomic E-state index is -0.511. The van der Waals surface area contributed by atoms with Gasteiger partial charge in [0.05, 0.1) is 10.9 Å². The van der Waals surface area contributed by atoms with Crippen LogP contribution in [0.1, 0.15) is 5.56 Å². The number of fused-ring (bicyclic) bond motifs is 1. The highest BCUT2D eigenvalue weighted by molar-refractivity contribution is 6.30. The number of hydrogen-bond donors (Lipinski definition) is 0. The van der Waals surface area contributed by atoms with Crippen molar-refractivity contribution in [2.24, 2.45) is 0 Å². The van der Waals surface area contributed by atoms with Crippen LogP contribution in [0.5, 0.6) is 0 Å². The molecule has 0 amide bonds. The normalized spacial score (nSPS) is 10.8. The molecule has 29 heavy (non-hydrogen) atoms. The zero-order valence-electron chi connectivity index (χ0n) is 15.4. The number of hydrogen-bond acceptors (Lipinski definition) is 4. The van der Waals surface area contributed by atoms with E-state index in [0.29, 0.717) is 27.3 Å². The zero-order valence-corrected chi connectivity index (χ0v) is 16.2. The lowest BCUT2D eigenvalue weighted by molar-refractivity contribution is -0.145. The van der Waals surface area contributed by atoms with Gasteiger partial charge in [-0.25, -0.2) is 4.98 Å². The number of carbonyl (C=O) groups is 1. The molecule has 0 aliphatic carbocycles. The smallest absolute Gasteiger partial charge is 0.326 e. The molecule has 1 aromatic heterocycles. The number of benzene rings is 3. The van der Waals surface area contributed by atoms with Crippen LogP contribution in [0.25, 0.3) is 22.3 Å². The van der Waals surface area contributed by atoms with Crippen LogP contribution in [-0.2, 0) is 22.7 Å². The fourth-order valence-corrected chi connectivity index (χ4v) is 3.17. The third kappa shape index (κ3) is 4.20. The summed E-state index contributed by atoms with van der Waals surface area (Å²) in [5.41, 5.74) is 1.84. The highest BCUT2D eigenvalue weighted by Gasteiger charge is 2.16. The Bertz CT molecular complexity index is 1220. The summed E-state index contributed by atoms with van der Waals surface area (Å²) in [6.07, 6.45) is 0. The van der Waals surface area contributed by atoms with Gasteiger partial charge in [0.25, 0.3) is 5.56 Å². The molecule has 0 radical (unpaired) electrons. The van der Waals surface area contributed by atoms with Crippen molar-refractivity contribution in [3.8, 4) is 11.4 Å². The molecular weight excluding hydrogens is 388 g/mol. The molecule has 5 nitrogen and oxygen atoms in total. The lowest BCUT2D eigenvalue weighted by Gasteiger charge is -2.13. The molecule has 0 unspecified atom stereocenters. The van der Waals surface area contributed by atoms with Crippen molar-refractivity contribution in [2.45, 2.75) is 13.2 Å². The van der Waals surface area contributed by atoms with E-state index < -0.39 is 5.97 Å². The summed E-state index contributed by atoms with van der Waals surface area (Å²) in [5, 5.41) is 1.02. The van der Waals surface area contributed by atoms with Crippen LogP contribution < -0.4 is 5.56 Å². The number of nitrogens with zero attached hydrogens (tertiary/aromatic N) is 2. The van der Waals surface area contributed by atoms with Crippen LogP contribution in [0.2, 0.25) is 5.02 Å². The molecule has 3 aromatic carbocycles. The molecule has 0 saturated carbocycles. The molecular formula is C23H17ClN2O3. The van der Waals surface area contributed by atoms with Crippen molar-refractivity contribution in [1.29, 1.82) is 0 Å². The standard InChI is InChI=1S/C23H17ClN2O3/c24-18-12-10-17(11-13-18)22-25-20-9-5-4-8-19(20)23(28)26(22)14-21(27)29-15-16-6-2-1-3-7-16/h1-13H,14-15H2. The van der Waals surface area contributed by atoms with E-state index in [1.165, 1.54) is 4.57 Å². The third-order valence-corrected chi connectivity index (χ3v) is 4.75. The molecule has 4 aromatic rings. The van der Waals surface area contributed by atoms with E-state index in [9.17, 15) is 9.59 Å². The maximum atomic E-state index is 13.1. The molecule has 4 rings (SSSR count). The van der Waals surface area contributed by atoms with Gasteiger partial charge in [-0.05, 0) is 42.0 Å². The van der Waals surface area contributed by atoms with Gasteiger partial charge in [-0.3, -0.25) is 14.2 Å². The highest BCUT2D eigenvalue weighted by atomic mass is 35.5. The molecule has 0 N–H and O–H groups in total. The molecule has 0 bridgehead atoms. The van der Waals surface area contributed by atoms with Gasteiger partial charge in [-0.1, -0.05) is 54.1 Å². The van der Waals surface area contributed by atoms with Crippen molar-refractivity contribution in [3.05, 3.63) is 99.8 Å². The number of ether oxygens (including phenoxy) is 1. The minimum absolute atomic E-state index is 0.145. The average molecular weight is 405 g/mol. The van der Waals surface area contributed by atoms with Crippen molar-refractivity contribution in [3.63, 3.8) is 0 Å². The van der Waals surface area contributed by atoms with Gasteiger partial charge in [0.1, 0.15) is 19.0 Å². The second-order valence-corrected chi connectivity index (χ2v) is 6.93. The van der Waals surface area contributed by atoms with Crippen LogP contribution in [0.3, 0.4) is 0 Å². The first-order valence-corrected chi connectivity index (χ1v) is 9.45. The van der Waals surface area contributed by atoms with Crippen LogP contribution in [0, 0.1) is 0 Å². The quantitative estimate of drug-likeness (QED) is 0.461. The summed E-state index contributed by atoms with van der Waals surface area (Å²) in [5.74, 6) is -0.120. The zero-order chi connectivity index (χ0) is 20.2. The third-order valence-electron chi connectivity index (χ3n) is 4.49. The SMILES string of the molecule is O=C(Cn1c(-c2ccc(Cl)cc2)nc2ccccc2c1=O)OCc1ccccc1. The van der Waals surface area contributed by atoms with Gasteiger partial charge in [0, 0.05) is 10.6 Å². The van der Waals surface area contributed by atoms with E-state index in [-0.39, 0.29) is 18.7 Å². The molecule has 0 aliphatic rings. The Morgan fingerprint density at radius 2 is 1.62 bits per heavy atom. The van der Waals surface area contributed by atoms with Crippen molar-refractivity contribution in [1.82, 2.24) is 9.55 Å². The topological polar surface area (TPSA) is 61.2 Å². The summed E-state index contributed by atoms with van der Waals surface area (Å²) in [6.45, 7) is -0.0901. The fraction of sp³-hybridized carbons (Fsp3) is 0.0870. The van der Waals surface area contributed by atoms with Gasteiger partial charge in [-0.15, -0.1) is 0 Å². The average Bonchev–Trinajstić information content (AvgIpc) is 2.75. The number of aromatic nitrogens is 2. The van der Waals surface area contributed by atoms with Crippen LogP contribution in [0.4, 0.5) is 0 Å². The van der Waals surface area contributed by atoms with Gasteiger partial charge in [0.2, 0.25) is 0 Å². The summed E-state index contributed by atoms with van der Waals surface area (Å²) in [6, 6.07) is 23.4. The van der Waals surface area contributed by atoms with Crippen molar-refractivity contribution in [2.75, 3.05) is 0 Å². The Labute approximate surface area is 172 Å². The van der Waals surface area contributed by atoms with Gasteiger partial charge in [-0.2, -0.15) is 0 Å². The predicted octanol–water partition coefficient (Wildman–Crippen LogP) is 4.46. The van der Waals surface area contributed by atoms with E-state index in [1.54, 1.807) is 42.5 Å². The van der Waals surface area contributed by atoms with E-state index in [2.05, 4.69) is 4.98 Å². The Morgan fingerprint density at radius 1 is 0.931 bits per heavy atom. The van der Waals surface area contributed by atoms with Gasteiger partial charge >= 0.3 is 5.97 Å².